The number of rotatable bonds is 32. The van der Waals surface area contributed by atoms with Crippen LogP contribution in [0.1, 0.15) is 230 Å². The molecule has 4 aromatic rings. The van der Waals surface area contributed by atoms with Crippen molar-refractivity contribution < 1.29 is 33.9 Å². The van der Waals surface area contributed by atoms with Crippen molar-refractivity contribution in [2.75, 3.05) is 0 Å². The van der Waals surface area contributed by atoms with Gasteiger partial charge in [-0.25, -0.2) is 0 Å². The predicted molar refractivity (Wildman–Crippen MR) is 274 cm³/mol. The van der Waals surface area contributed by atoms with Crippen LogP contribution >= 0.6 is 0 Å². The van der Waals surface area contributed by atoms with E-state index in [1.165, 1.54) is 204 Å². The Morgan fingerprint density at radius 3 is 0.844 bits per heavy atom. The van der Waals surface area contributed by atoms with Gasteiger partial charge >= 0.3 is 23.7 Å². The normalized spacial score (nSPS) is 10.3. The van der Waals surface area contributed by atoms with E-state index in [1.54, 1.807) is 12.1 Å². The molecule has 0 bridgehead atoms. The Kier molecular flexibility index (Phi) is 47.1. The number of para-hydroxylation sites is 2. The predicted octanol–water partition coefficient (Wildman–Crippen LogP) is 18.8. The Morgan fingerprint density at radius 1 is 0.328 bits per heavy atom. The van der Waals surface area contributed by atoms with Crippen LogP contribution in [-0.2, 0) is 49.4 Å². The standard InChI is InChI=1S/2C15H24O.2C15H23.O.Ti/c2*1-2-3-4-5-6-7-8-11-14-12-9-10-13-15(14)16;2*1-2-3-4-5-6-7-9-12-15-13-10-8-11-14-15;;/h2*9-10,12-13,16H,2-8,11H2,1H3;2*8,10-11,13H,2-7,9,12H2,1H3;;/q;;2*-1;;+2. The molecule has 4 heteroatoms. The van der Waals surface area contributed by atoms with Crippen LogP contribution in [0.25, 0.3) is 0 Å². The third-order valence-corrected chi connectivity index (χ3v) is 11.7. The maximum absolute atomic E-state index is 9.58. The second kappa shape index (κ2) is 49.4. The molecule has 2 N–H and O–H groups in total. The summed E-state index contributed by atoms with van der Waals surface area (Å²) in [7, 11) is 0. The Labute approximate surface area is 407 Å². The van der Waals surface area contributed by atoms with E-state index < -0.39 is 0 Å². The van der Waals surface area contributed by atoms with E-state index in [4.69, 9.17) is 3.32 Å². The van der Waals surface area contributed by atoms with Gasteiger partial charge < -0.3 is 10.2 Å². The summed E-state index contributed by atoms with van der Waals surface area (Å²) in [6.45, 7) is 9.03. The van der Waals surface area contributed by atoms with E-state index >= 15 is 0 Å². The van der Waals surface area contributed by atoms with Gasteiger partial charge in [-0.1, -0.05) is 244 Å². The zero-order chi connectivity index (χ0) is 46.8. The fourth-order valence-electron chi connectivity index (χ4n) is 7.71. The average molecular weight is 911 g/mol. The van der Waals surface area contributed by atoms with Crippen LogP contribution in [0, 0.1) is 12.1 Å². The van der Waals surface area contributed by atoms with Gasteiger partial charge in [0.2, 0.25) is 0 Å². The number of hydrogen-bond acceptors (Lipinski definition) is 3. The summed E-state index contributed by atoms with van der Waals surface area (Å²) in [5, 5.41) is 19.2. The summed E-state index contributed by atoms with van der Waals surface area (Å²) in [6.07, 6.45) is 42.4. The minimum atomic E-state index is 0.452. The van der Waals surface area contributed by atoms with Crippen LogP contribution in [0.3, 0.4) is 0 Å². The zero-order valence-electron chi connectivity index (χ0n) is 41.7. The molecule has 64 heavy (non-hydrogen) atoms. The second-order valence-electron chi connectivity index (χ2n) is 17.5. The topological polar surface area (TPSA) is 57.5 Å². The van der Waals surface area contributed by atoms with Crippen molar-refractivity contribution in [1.82, 2.24) is 0 Å². The first-order valence-electron chi connectivity index (χ1n) is 26.2. The molecule has 356 valence electrons. The van der Waals surface area contributed by atoms with Gasteiger partial charge in [-0.3, -0.25) is 0 Å². The van der Waals surface area contributed by atoms with Crippen LogP contribution in [0.4, 0.5) is 0 Å². The first-order valence-corrected chi connectivity index (χ1v) is 26.8. The van der Waals surface area contributed by atoms with E-state index in [1.807, 2.05) is 60.7 Å². The van der Waals surface area contributed by atoms with E-state index in [-0.39, 0.29) is 0 Å². The molecule has 0 radical (unpaired) electrons. The number of aromatic hydroxyl groups is 2. The quantitative estimate of drug-likeness (QED) is 0.0292. The molecule has 0 spiro atoms. The van der Waals surface area contributed by atoms with E-state index in [9.17, 15) is 10.2 Å². The molecule has 0 saturated carbocycles. The molecule has 4 rings (SSSR count). The van der Waals surface area contributed by atoms with Gasteiger partial charge in [0.15, 0.2) is 0 Å². The van der Waals surface area contributed by atoms with Gasteiger partial charge in [0.25, 0.3) is 0 Å². The number of phenols is 2. The Morgan fingerprint density at radius 2 is 0.578 bits per heavy atom. The molecule has 0 amide bonds. The van der Waals surface area contributed by atoms with E-state index in [0.29, 0.717) is 11.5 Å². The third kappa shape index (κ3) is 39.4. The zero-order valence-corrected chi connectivity index (χ0v) is 43.2. The first kappa shape index (κ1) is 61.0. The molecular formula is C60H94O3Ti. The second-order valence-corrected chi connectivity index (χ2v) is 17.5. The Bertz CT molecular complexity index is 1380. The van der Waals surface area contributed by atoms with Crippen molar-refractivity contribution in [3.8, 4) is 11.5 Å². The van der Waals surface area contributed by atoms with Crippen LogP contribution in [-0.4, -0.2) is 10.2 Å². The minimum absolute atomic E-state index is 0.452. The maximum atomic E-state index is 9.58. The summed E-state index contributed by atoms with van der Waals surface area (Å²) >= 11 is 0.750. The van der Waals surface area contributed by atoms with Gasteiger partial charge in [0.1, 0.15) is 11.5 Å². The summed E-state index contributed by atoms with van der Waals surface area (Å²) in [5.41, 5.74) is 4.92. The third-order valence-electron chi connectivity index (χ3n) is 11.7. The molecule has 0 aromatic heterocycles. The molecule has 3 nitrogen and oxygen atoms in total. The molecule has 4 aromatic carbocycles. The van der Waals surface area contributed by atoms with Crippen molar-refractivity contribution in [2.24, 2.45) is 0 Å². The molecular weight excluding hydrogens is 817 g/mol. The van der Waals surface area contributed by atoms with Crippen molar-refractivity contribution in [2.45, 2.75) is 233 Å². The van der Waals surface area contributed by atoms with Crippen molar-refractivity contribution >= 4 is 0 Å². The summed E-state index contributed by atoms with van der Waals surface area (Å²) in [5.74, 6) is 0.905. The first-order chi connectivity index (χ1) is 31.5. The number of unbranched alkanes of at least 4 members (excludes halogenated alkanes) is 24. The van der Waals surface area contributed by atoms with Crippen LogP contribution < -0.4 is 0 Å². The van der Waals surface area contributed by atoms with Crippen molar-refractivity contribution in [3.63, 3.8) is 0 Å². The molecule has 0 fully saturated rings. The summed E-state index contributed by atoms with van der Waals surface area (Å²) < 4.78 is 8.25. The molecule has 0 aliphatic heterocycles. The summed E-state index contributed by atoms with van der Waals surface area (Å²) in [4.78, 5) is 0. The van der Waals surface area contributed by atoms with Gasteiger partial charge in [0, 0.05) is 0 Å². The van der Waals surface area contributed by atoms with Gasteiger partial charge in [0.05, 0.1) is 0 Å². The fraction of sp³-hybridized carbons (Fsp3) is 0.600. The average Bonchev–Trinajstić information content (AvgIpc) is 3.33. The number of hydrogen-bond donors (Lipinski definition) is 2. The van der Waals surface area contributed by atoms with E-state index in [0.717, 1.165) is 44.4 Å². The number of benzene rings is 4. The molecule has 0 unspecified atom stereocenters. The molecule has 0 aliphatic rings. The van der Waals surface area contributed by atoms with Crippen LogP contribution in [0.15, 0.2) is 97.1 Å². The van der Waals surface area contributed by atoms with Gasteiger partial charge in [-0.05, 0) is 48.9 Å². The monoisotopic (exact) mass is 911 g/mol. The fourth-order valence-corrected chi connectivity index (χ4v) is 7.71. The molecule has 0 atom stereocenters. The van der Waals surface area contributed by atoms with Gasteiger partial charge in [-0.2, -0.15) is 71.8 Å². The molecule has 0 heterocycles. The van der Waals surface area contributed by atoms with Crippen LogP contribution in [0.2, 0.25) is 0 Å². The Hall–Kier alpha value is -3.01. The number of phenolic OH excluding ortho intramolecular Hbond substituents is 2. The SMILES string of the molecule is CCCCCCCCCc1[c-]cccc1.CCCCCCCCCc1[c-]cccc1.CCCCCCCCCc1ccccc1O.CCCCCCCCCc1ccccc1O.[O]=[Ti+2]. The molecule has 0 aliphatic carbocycles. The summed E-state index contributed by atoms with van der Waals surface area (Å²) in [6, 6.07) is 38.6. The number of aryl methyl sites for hydroxylation is 4. The molecule has 0 saturated heterocycles. The van der Waals surface area contributed by atoms with Crippen molar-refractivity contribution in [1.29, 1.82) is 0 Å². The van der Waals surface area contributed by atoms with Crippen molar-refractivity contribution in [3.05, 3.63) is 131 Å². The van der Waals surface area contributed by atoms with E-state index in [2.05, 4.69) is 64.1 Å². The van der Waals surface area contributed by atoms with Gasteiger partial charge in [-0.15, -0.1) is 0 Å². The Balaban J connectivity index is 0.000000816. The van der Waals surface area contributed by atoms with Crippen LogP contribution in [0.5, 0.6) is 11.5 Å².